The molecule has 0 radical (unpaired) electrons. The van der Waals surface area contributed by atoms with E-state index in [1.165, 1.54) is 0 Å². The predicted molar refractivity (Wildman–Crippen MR) is 74.8 cm³/mol. The third-order valence-corrected chi connectivity index (χ3v) is 2.72. The van der Waals surface area contributed by atoms with E-state index >= 15 is 0 Å². The molecule has 106 valence electrons. The average Bonchev–Trinajstić information content (AvgIpc) is 2.92. The second kappa shape index (κ2) is 6.70. The van der Waals surface area contributed by atoms with Crippen LogP contribution in [0.3, 0.4) is 0 Å². The summed E-state index contributed by atoms with van der Waals surface area (Å²) < 4.78 is 5.54. The zero-order valence-corrected chi connectivity index (χ0v) is 11.6. The van der Waals surface area contributed by atoms with Crippen LogP contribution < -0.4 is 10.1 Å². The van der Waals surface area contributed by atoms with Crippen LogP contribution in [0.2, 0.25) is 0 Å². The van der Waals surface area contributed by atoms with Gasteiger partial charge in [0.15, 0.2) is 0 Å². The van der Waals surface area contributed by atoms with Crippen LogP contribution in [0.15, 0.2) is 24.3 Å². The number of rotatable bonds is 6. The molecule has 0 aliphatic heterocycles. The monoisotopic (exact) mass is 274 g/mol. The SMILES string of the molecule is CCc1nc(C(=O)NCCOc2cccc(C)c2)n[nH]1. The molecule has 0 aliphatic carbocycles. The summed E-state index contributed by atoms with van der Waals surface area (Å²) in [6, 6.07) is 7.77. The van der Waals surface area contributed by atoms with Gasteiger partial charge in [0.25, 0.3) is 5.91 Å². The number of carbonyl (C=O) groups excluding carboxylic acids is 1. The zero-order chi connectivity index (χ0) is 14.4. The van der Waals surface area contributed by atoms with E-state index in [9.17, 15) is 4.79 Å². The largest absolute Gasteiger partial charge is 0.492 e. The number of hydrogen-bond donors (Lipinski definition) is 2. The average molecular weight is 274 g/mol. The van der Waals surface area contributed by atoms with Crippen LogP contribution in [0.5, 0.6) is 5.75 Å². The normalized spacial score (nSPS) is 10.3. The summed E-state index contributed by atoms with van der Waals surface area (Å²) in [6.07, 6.45) is 0.719. The highest BCUT2D eigenvalue weighted by molar-refractivity contribution is 5.90. The Morgan fingerprint density at radius 2 is 2.30 bits per heavy atom. The third kappa shape index (κ3) is 3.81. The van der Waals surface area contributed by atoms with Gasteiger partial charge in [-0.15, -0.1) is 5.10 Å². The lowest BCUT2D eigenvalue weighted by molar-refractivity contribution is 0.0937. The van der Waals surface area contributed by atoms with E-state index in [0.717, 1.165) is 17.7 Å². The predicted octanol–water partition coefficient (Wildman–Crippen LogP) is 1.48. The standard InChI is InChI=1S/C14H18N4O2/c1-3-12-16-13(18-17-12)14(19)15-7-8-20-11-6-4-5-10(2)9-11/h4-6,9H,3,7-8H2,1-2H3,(H,15,19)(H,16,17,18). The summed E-state index contributed by atoms with van der Waals surface area (Å²) in [6.45, 7) is 4.75. The van der Waals surface area contributed by atoms with E-state index in [4.69, 9.17) is 4.74 Å². The van der Waals surface area contributed by atoms with E-state index < -0.39 is 0 Å². The van der Waals surface area contributed by atoms with Crippen molar-refractivity contribution in [3.8, 4) is 5.75 Å². The van der Waals surface area contributed by atoms with Crippen molar-refractivity contribution in [2.24, 2.45) is 0 Å². The summed E-state index contributed by atoms with van der Waals surface area (Å²) in [4.78, 5) is 15.8. The van der Waals surface area contributed by atoms with Crippen LogP contribution in [0.4, 0.5) is 0 Å². The maximum atomic E-state index is 11.7. The van der Waals surface area contributed by atoms with E-state index in [0.29, 0.717) is 19.0 Å². The number of aromatic nitrogens is 3. The van der Waals surface area contributed by atoms with Crippen molar-refractivity contribution in [2.75, 3.05) is 13.2 Å². The molecule has 6 heteroatoms. The Kier molecular flexibility index (Phi) is 4.70. The maximum absolute atomic E-state index is 11.7. The van der Waals surface area contributed by atoms with Gasteiger partial charge in [0.05, 0.1) is 6.54 Å². The van der Waals surface area contributed by atoms with Crippen molar-refractivity contribution < 1.29 is 9.53 Å². The fourth-order valence-electron chi connectivity index (χ4n) is 1.67. The van der Waals surface area contributed by atoms with Gasteiger partial charge in [0, 0.05) is 6.42 Å². The van der Waals surface area contributed by atoms with E-state index in [-0.39, 0.29) is 11.7 Å². The van der Waals surface area contributed by atoms with Crippen LogP contribution in [0, 0.1) is 6.92 Å². The molecule has 0 aliphatic rings. The molecular formula is C14H18N4O2. The van der Waals surface area contributed by atoms with Gasteiger partial charge in [0.2, 0.25) is 5.82 Å². The molecule has 0 fully saturated rings. The van der Waals surface area contributed by atoms with Gasteiger partial charge in [0.1, 0.15) is 18.2 Å². The highest BCUT2D eigenvalue weighted by Crippen LogP contribution is 2.11. The first-order valence-electron chi connectivity index (χ1n) is 6.58. The quantitative estimate of drug-likeness (QED) is 0.782. The van der Waals surface area contributed by atoms with Crippen molar-refractivity contribution in [3.05, 3.63) is 41.5 Å². The summed E-state index contributed by atoms with van der Waals surface area (Å²) in [5, 5.41) is 9.26. The highest BCUT2D eigenvalue weighted by atomic mass is 16.5. The van der Waals surface area contributed by atoms with Crippen LogP contribution in [0.1, 0.15) is 28.9 Å². The molecule has 20 heavy (non-hydrogen) atoms. The number of nitrogens with one attached hydrogen (secondary N) is 2. The smallest absolute Gasteiger partial charge is 0.291 e. The number of benzene rings is 1. The molecule has 1 aromatic carbocycles. The van der Waals surface area contributed by atoms with Crippen LogP contribution >= 0.6 is 0 Å². The number of aryl methyl sites for hydroxylation is 2. The van der Waals surface area contributed by atoms with E-state index in [1.807, 2.05) is 38.1 Å². The van der Waals surface area contributed by atoms with Crippen molar-refractivity contribution in [1.29, 1.82) is 0 Å². The first-order chi connectivity index (χ1) is 9.69. The number of hydrogen-bond acceptors (Lipinski definition) is 4. The fraction of sp³-hybridized carbons (Fsp3) is 0.357. The van der Waals surface area contributed by atoms with Crippen LogP contribution in [0.25, 0.3) is 0 Å². The highest BCUT2D eigenvalue weighted by Gasteiger charge is 2.10. The van der Waals surface area contributed by atoms with Gasteiger partial charge in [-0.1, -0.05) is 19.1 Å². The molecular weight excluding hydrogens is 256 g/mol. The number of ether oxygens (including phenoxy) is 1. The van der Waals surface area contributed by atoms with Crippen molar-refractivity contribution in [1.82, 2.24) is 20.5 Å². The lowest BCUT2D eigenvalue weighted by atomic mass is 10.2. The third-order valence-electron chi connectivity index (χ3n) is 2.72. The molecule has 0 saturated heterocycles. The van der Waals surface area contributed by atoms with E-state index in [2.05, 4.69) is 20.5 Å². The second-order valence-electron chi connectivity index (χ2n) is 4.38. The molecule has 2 N–H and O–H groups in total. The molecule has 1 amide bonds. The minimum Gasteiger partial charge on any atom is -0.492 e. The molecule has 0 atom stereocenters. The Balaban J connectivity index is 1.74. The van der Waals surface area contributed by atoms with Crippen molar-refractivity contribution in [3.63, 3.8) is 0 Å². The number of amides is 1. The summed E-state index contributed by atoms with van der Waals surface area (Å²) in [7, 11) is 0. The Bertz CT molecular complexity index is 580. The minimum absolute atomic E-state index is 0.164. The van der Waals surface area contributed by atoms with E-state index in [1.54, 1.807) is 0 Å². The molecule has 2 rings (SSSR count). The summed E-state index contributed by atoms with van der Waals surface area (Å²) in [5.41, 5.74) is 1.14. The number of carbonyl (C=O) groups is 1. The van der Waals surface area contributed by atoms with Gasteiger partial charge in [-0.2, -0.15) is 0 Å². The Hall–Kier alpha value is -2.37. The fourth-order valence-corrected chi connectivity index (χ4v) is 1.67. The summed E-state index contributed by atoms with van der Waals surface area (Å²) >= 11 is 0. The molecule has 6 nitrogen and oxygen atoms in total. The molecule has 1 aromatic heterocycles. The summed E-state index contributed by atoms with van der Waals surface area (Å²) in [5.74, 6) is 1.36. The molecule has 0 saturated carbocycles. The lowest BCUT2D eigenvalue weighted by Gasteiger charge is -2.07. The van der Waals surface area contributed by atoms with Gasteiger partial charge in [-0.25, -0.2) is 4.98 Å². The first-order valence-corrected chi connectivity index (χ1v) is 6.58. The first kappa shape index (κ1) is 14.0. The van der Waals surface area contributed by atoms with Gasteiger partial charge >= 0.3 is 0 Å². The molecule has 2 aromatic rings. The molecule has 1 heterocycles. The Labute approximate surface area is 117 Å². The minimum atomic E-state index is -0.297. The second-order valence-corrected chi connectivity index (χ2v) is 4.38. The van der Waals surface area contributed by atoms with Crippen LogP contribution in [-0.2, 0) is 6.42 Å². The van der Waals surface area contributed by atoms with Gasteiger partial charge in [-0.05, 0) is 24.6 Å². The number of nitrogens with zero attached hydrogens (tertiary/aromatic N) is 2. The van der Waals surface area contributed by atoms with Crippen molar-refractivity contribution in [2.45, 2.75) is 20.3 Å². The molecule has 0 spiro atoms. The van der Waals surface area contributed by atoms with Crippen molar-refractivity contribution >= 4 is 5.91 Å². The van der Waals surface area contributed by atoms with Gasteiger partial charge in [-0.3, -0.25) is 9.89 Å². The number of aromatic amines is 1. The Morgan fingerprint density at radius 3 is 3.00 bits per heavy atom. The topological polar surface area (TPSA) is 79.9 Å². The molecule has 0 unspecified atom stereocenters. The zero-order valence-electron chi connectivity index (χ0n) is 11.6. The maximum Gasteiger partial charge on any atom is 0.291 e. The molecule has 0 bridgehead atoms. The van der Waals surface area contributed by atoms with Gasteiger partial charge < -0.3 is 10.1 Å². The Morgan fingerprint density at radius 1 is 1.45 bits per heavy atom. The van der Waals surface area contributed by atoms with Crippen LogP contribution in [-0.4, -0.2) is 34.2 Å². The lowest BCUT2D eigenvalue weighted by Crippen LogP contribution is -2.29. The number of H-pyrrole nitrogens is 1.